The van der Waals surface area contributed by atoms with Crippen LogP contribution in [0.3, 0.4) is 0 Å². The summed E-state index contributed by atoms with van der Waals surface area (Å²) in [5.41, 5.74) is 1.83. The third-order valence-corrected chi connectivity index (χ3v) is 18.1. The van der Waals surface area contributed by atoms with E-state index in [1.165, 1.54) is 72.8 Å². The number of unbranched alkanes of at least 4 members (excludes halogenated alkanes) is 1. The SMILES string of the molecule is [C-]#[N+]c1ccc([C](=O)[Sn]([CH2]CCC)([C](=O)c2ccc(C#N)cc2)[C](=O)c2ccc([N+]#[C-])cc2)cc1. The molecule has 0 aliphatic carbocycles. The number of rotatable bonds is 9. The topological polar surface area (TPSA) is 83.7 Å². The summed E-state index contributed by atoms with van der Waals surface area (Å²) in [6.07, 6.45) is 1.24. The number of hydrogen-bond donors (Lipinski definition) is 0. The van der Waals surface area contributed by atoms with Crippen LogP contribution in [-0.4, -0.2) is 29.8 Å². The molecule has 0 amide bonds. The van der Waals surface area contributed by atoms with Crippen LogP contribution in [-0.2, 0) is 0 Å². The molecule has 0 N–H and O–H groups in total. The molecule has 3 rings (SSSR count). The van der Waals surface area contributed by atoms with Crippen LogP contribution in [0.1, 0.15) is 56.4 Å². The molecule has 0 aliphatic heterocycles. The zero-order valence-corrected chi connectivity index (χ0v) is 22.0. The molecule has 0 bridgehead atoms. The zero-order chi connectivity index (χ0) is 25.4. The fourth-order valence-corrected chi connectivity index (χ4v) is 15.8. The monoisotopic (exact) mass is 567 g/mol. The van der Waals surface area contributed by atoms with Crippen LogP contribution in [0.5, 0.6) is 0 Å². The van der Waals surface area contributed by atoms with E-state index in [0.717, 1.165) is 0 Å². The molecule has 0 unspecified atom stereocenters. The molecule has 35 heavy (non-hydrogen) atoms. The number of nitriles is 1. The zero-order valence-electron chi connectivity index (χ0n) is 19.1. The second kappa shape index (κ2) is 11.4. The summed E-state index contributed by atoms with van der Waals surface area (Å²) in [5.74, 6) is 0. The molecule has 0 aromatic heterocycles. The van der Waals surface area contributed by atoms with Gasteiger partial charge in [-0.15, -0.1) is 0 Å². The molecule has 0 saturated carbocycles. The molecule has 0 heterocycles. The summed E-state index contributed by atoms with van der Waals surface area (Å²) in [6.45, 7) is 16.3. The number of hydrogen-bond acceptors (Lipinski definition) is 4. The number of benzene rings is 3. The van der Waals surface area contributed by atoms with Crippen molar-refractivity contribution in [3.63, 3.8) is 0 Å². The Morgan fingerprint density at radius 3 is 1.43 bits per heavy atom. The first-order chi connectivity index (χ1) is 16.9. The van der Waals surface area contributed by atoms with E-state index >= 15 is 0 Å². The van der Waals surface area contributed by atoms with Gasteiger partial charge in [0.1, 0.15) is 0 Å². The molecule has 0 atom stereocenters. The summed E-state index contributed by atoms with van der Waals surface area (Å²) >= 11 is -5.14. The van der Waals surface area contributed by atoms with E-state index < -0.39 is 29.8 Å². The maximum atomic E-state index is 14.1. The van der Waals surface area contributed by atoms with E-state index in [2.05, 4.69) is 9.69 Å². The van der Waals surface area contributed by atoms with Crippen molar-refractivity contribution in [1.29, 1.82) is 5.26 Å². The Bertz CT molecular complexity index is 1220. The molecule has 6 nitrogen and oxygen atoms in total. The van der Waals surface area contributed by atoms with Crippen LogP contribution in [0.25, 0.3) is 9.69 Å². The maximum absolute atomic E-state index is 14.1. The Kier molecular flexibility index (Phi) is 8.31. The van der Waals surface area contributed by atoms with Crippen LogP contribution in [0.4, 0.5) is 11.4 Å². The molecule has 0 aliphatic rings. The number of carbonyl (C=O) groups excluding carboxylic acids is 3. The van der Waals surface area contributed by atoms with Gasteiger partial charge in [-0.3, -0.25) is 0 Å². The summed E-state index contributed by atoms with van der Waals surface area (Å²) in [6, 6.07) is 20.1. The Morgan fingerprint density at radius 1 is 0.743 bits per heavy atom. The Balaban J connectivity index is 2.24. The number of nitrogens with zero attached hydrogens (tertiary/aromatic N) is 3. The van der Waals surface area contributed by atoms with Crippen molar-refractivity contribution in [3.8, 4) is 6.07 Å². The molecule has 0 radical (unpaired) electrons. The fraction of sp³-hybridized carbons (Fsp3) is 0.143. The molecule has 7 heteroatoms. The molecule has 0 fully saturated rings. The predicted octanol–water partition coefficient (Wildman–Crippen LogP) is 6.47. The Hall–Kier alpha value is -4.06. The van der Waals surface area contributed by atoms with Gasteiger partial charge in [0.25, 0.3) is 0 Å². The van der Waals surface area contributed by atoms with E-state index in [0.29, 0.717) is 29.8 Å². The second-order valence-corrected chi connectivity index (χ2v) is 18.5. The average Bonchev–Trinajstić information content (AvgIpc) is 2.93. The average molecular weight is 566 g/mol. The Labute approximate surface area is 208 Å². The van der Waals surface area contributed by atoms with Crippen molar-refractivity contribution >= 4 is 41.1 Å². The third kappa shape index (κ3) is 5.22. The summed E-state index contributed by atoms with van der Waals surface area (Å²) in [5, 5.41) is 9.13. The van der Waals surface area contributed by atoms with Gasteiger partial charge in [0.15, 0.2) is 0 Å². The van der Waals surface area contributed by atoms with E-state index in [4.69, 9.17) is 18.4 Å². The van der Waals surface area contributed by atoms with Crippen LogP contribution in [0.2, 0.25) is 4.44 Å². The fourth-order valence-electron chi connectivity index (χ4n) is 3.90. The van der Waals surface area contributed by atoms with Crippen LogP contribution in [0.15, 0.2) is 72.8 Å². The summed E-state index contributed by atoms with van der Waals surface area (Å²) < 4.78 is -1.09. The van der Waals surface area contributed by atoms with Crippen molar-refractivity contribution in [3.05, 3.63) is 118 Å². The Morgan fingerprint density at radius 2 is 1.11 bits per heavy atom. The van der Waals surface area contributed by atoms with Gasteiger partial charge in [-0.1, -0.05) is 0 Å². The van der Waals surface area contributed by atoms with Gasteiger partial charge >= 0.3 is 209 Å². The van der Waals surface area contributed by atoms with Crippen molar-refractivity contribution in [2.45, 2.75) is 24.2 Å². The van der Waals surface area contributed by atoms with Gasteiger partial charge in [-0.25, -0.2) is 0 Å². The van der Waals surface area contributed by atoms with Gasteiger partial charge in [-0.05, 0) is 0 Å². The summed E-state index contributed by atoms with van der Waals surface area (Å²) in [7, 11) is 0. The van der Waals surface area contributed by atoms with Gasteiger partial charge in [0, 0.05) is 0 Å². The van der Waals surface area contributed by atoms with Crippen molar-refractivity contribution in [2.24, 2.45) is 0 Å². The van der Waals surface area contributed by atoms with Crippen LogP contribution < -0.4 is 0 Å². The van der Waals surface area contributed by atoms with Crippen molar-refractivity contribution in [1.82, 2.24) is 0 Å². The van der Waals surface area contributed by atoms with Gasteiger partial charge in [-0.2, -0.15) is 0 Å². The molecule has 170 valence electrons. The van der Waals surface area contributed by atoms with Gasteiger partial charge in [0.05, 0.1) is 0 Å². The predicted molar refractivity (Wildman–Crippen MR) is 135 cm³/mol. The second-order valence-electron chi connectivity index (χ2n) is 8.00. The standard InChI is InChI=1S/3C8H4NO.C4H9.Sn/c2*1-9-8-4-2-7(6-10)3-5-8;9-5-7-1-3-8(6-10)4-2-7;1-3-4-2;/h2*2-5H;1-4H;1,3-4H2,2H3;. The number of carbonyl (C=O) groups is 3. The van der Waals surface area contributed by atoms with E-state index in [-0.39, 0.29) is 21.1 Å². The molecular weight excluding hydrogens is 545 g/mol. The van der Waals surface area contributed by atoms with Gasteiger partial charge in [0.2, 0.25) is 0 Å². The van der Waals surface area contributed by atoms with Crippen LogP contribution in [0, 0.1) is 24.5 Å². The first kappa shape index (κ1) is 25.6. The first-order valence-electron chi connectivity index (χ1n) is 11.0. The normalized spacial score (nSPS) is 10.5. The van der Waals surface area contributed by atoms with Crippen LogP contribution >= 0.6 is 0 Å². The molecule has 3 aromatic rings. The molecule has 0 saturated heterocycles. The molecular formula is C28H21N3O3Sn. The van der Waals surface area contributed by atoms with Crippen molar-refractivity contribution in [2.75, 3.05) is 0 Å². The minimum atomic E-state index is -5.14. The minimum absolute atomic E-state index is 0.205. The molecule has 3 aromatic carbocycles. The summed E-state index contributed by atoms with van der Waals surface area (Å²) in [4.78, 5) is 49.1. The van der Waals surface area contributed by atoms with Gasteiger partial charge < -0.3 is 0 Å². The molecule has 0 spiro atoms. The van der Waals surface area contributed by atoms with E-state index in [1.54, 1.807) is 0 Å². The van der Waals surface area contributed by atoms with E-state index in [9.17, 15) is 14.4 Å². The van der Waals surface area contributed by atoms with Crippen molar-refractivity contribution < 1.29 is 14.4 Å². The first-order valence-corrected chi connectivity index (χ1v) is 17.3. The van der Waals surface area contributed by atoms with E-state index in [1.807, 2.05) is 13.0 Å². The third-order valence-electron chi connectivity index (χ3n) is 5.86. The quantitative estimate of drug-likeness (QED) is 0.220.